The van der Waals surface area contributed by atoms with Crippen LogP contribution in [0.4, 0.5) is 13.6 Å². The smallest absolute Gasteiger partial charge is 0.317 e. The topological polar surface area (TPSA) is 48.5 Å². The van der Waals surface area contributed by atoms with E-state index in [4.69, 9.17) is 0 Å². The summed E-state index contributed by atoms with van der Waals surface area (Å²) in [6, 6.07) is -1.59. The highest BCUT2D eigenvalue weighted by Crippen LogP contribution is 2.17. The maximum atomic E-state index is 13.2. The van der Waals surface area contributed by atoms with E-state index in [1.54, 1.807) is 16.2 Å². The summed E-state index contributed by atoms with van der Waals surface area (Å²) in [4.78, 5) is 20.5. The molecule has 1 unspecified atom stereocenters. The van der Waals surface area contributed by atoms with E-state index in [2.05, 4.69) is 20.6 Å². The molecular formula is C15H24F2N4OS. The third-order valence-corrected chi connectivity index (χ3v) is 4.85. The molecule has 0 bridgehead atoms. The predicted octanol–water partition coefficient (Wildman–Crippen LogP) is 2.71. The van der Waals surface area contributed by atoms with Crippen molar-refractivity contribution in [3.63, 3.8) is 0 Å². The van der Waals surface area contributed by atoms with Gasteiger partial charge < -0.3 is 10.2 Å². The lowest BCUT2D eigenvalue weighted by molar-refractivity contribution is -0.00979. The fourth-order valence-electron chi connectivity index (χ4n) is 2.45. The molecule has 1 aromatic rings. The maximum Gasteiger partial charge on any atom is 0.317 e. The number of carbonyl (C=O) groups is 1. The van der Waals surface area contributed by atoms with Gasteiger partial charge in [0, 0.05) is 45.0 Å². The van der Waals surface area contributed by atoms with Gasteiger partial charge in [-0.3, -0.25) is 4.90 Å². The summed E-state index contributed by atoms with van der Waals surface area (Å²) in [6.07, 6.45) is 0.827. The van der Waals surface area contributed by atoms with E-state index in [9.17, 15) is 13.6 Å². The normalized spacial score (nSPS) is 18.6. The molecular weight excluding hydrogens is 322 g/mol. The summed E-state index contributed by atoms with van der Waals surface area (Å²) >= 11 is 1.63. The summed E-state index contributed by atoms with van der Waals surface area (Å²) in [7, 11) is 0. The minimum Gasteiger partial charge on any atom is -0.329 e. The summed E-state index contributed by atoms with van der Waals surface area (Å²) in [5, 5.41) is 5.49. The van der Waals surface area contributed by atoms with Crippen LogP contribution in [-0.4, -0.2) is 59.0 Å². The number of halogens is 2. The molecule has 1 fully saturated rings. The van der Waals surface area contributed by atoms with Gasteiger partial charge in [0.25, 0.3) is 5.92 Å². The molecule has 8 heteroatoms. The quantitative estimate of drug-likeness (QED) is 0.912. The Kier molecular flexibility index (Phi) is 5.91. The van der Waals surface area contributed by atoms with Crippen molar-refractivity contribution >= 4 is 17.4 Å². The van der Waals surface area contributed by atoms with Crippen molar-refractivity contribution in [2.45, 2.75) is 45.7 Å². The number of thiazole rings is 1. The average molecular weight is 346 g/mol. The molecule has 1 aromatic heterocycles. The number of carbonyl (C=O) groups excluding carboxylic acids is 1. The number of hydrogen-bond donors (Lipinski definition) is 1. The molecule has 0 spiro atoms. The summed E-state index contributed by atoms with van der Waals surface area (Å²) in [6.45, 7) is 7.61. The molecule has 0 aliphatic carbocycles. The second-order valence-electron chi connectivity index (χ2n) is 6.10. The van der Waals surface area contributed by atoms with Crippen LogP contribution >= 0.6 is 11.3 Å². The predicted molar refractivity (Wildman–Crippen MR) is 86.9 cm³/mol. The largest absolute Gasteiger partial charge is 0.329 e. The van der Waals surface area contributed by atoms with Crippen LogP contribution in [0.3, 0.4) is 0 Å². The minimum absolute atomic E-state index is 0.412. The van der Waals surface area contributed by atoms with Crippen molar-refractivity contribution < 1.29 is 13.6 Å². The van der Waals surface area contributed by atoms with Crippen LogP contribution in [0.25, 0.3) is 0 Å². The summed E-state index contributed by atoms with van der Waals surface area (Å²) < 4.78 is 26.4. The van der Waals surface area contributed by atoms with Crippen molar-refractivity contribution in [1.29, 1.82) is 0 Å². The van der Waals surface area contributed by atoms with E-state index in [0.29, 0.717) is 13.1 Å². The van der Waals surface area contributed by atoms with Crippen molar-refractivity contribution in [1.82, 2.24) is 20.1 Å². The monoisotopic (exact) mass is 346 g/mol. The zero-order valence-corrected chi connectivity index (χ0v) is 14.6. The van der Waals surface area contributed by atoms with E-state index in [1.165, 1.54) is 6.92 Å². The van der Waals surface area contributed by atoms with Crippen LogP contribution in [0.15, 0.2) is 5.38 Å². The van der Waals surface area contributed by atoms with Crippen LogP contribution < -0.4 is 5.32 Å². The SMILES string of the molecule is Cc1nc(CN2CCCN(C(=O)NC(C)C(C)(F)F)CC2)cs1. The van der Waals surface area contributed by atoms with Crippen molar-refractivity contribution in [3.8, 4) is 0 Å². The number of rotatable bonds is 4. The molecule has 1 atom stereocenters. The molecule has 0 saturated carbocycles. The van der Waals surface area contributed by atoms with Gasteiger partial charge in [0.15, 0.2) is 0 Å². The Morgan fingerprint density at radius 2 is 2.17 bits per heavy atom. The van der Waals surface area contributed by atoms with Crippen LogP contribution in [0.5, 0.6) is 0 Å². The molecule has 1 aliphatic heterocycles. The fraction of sp³-hybridized carbons (Fsp3) is 0.733. The Hall–Kier alpha value is -1.28. The van der Waals surface area contributed by atoms with Gasteiger partial charge in [0.1, 0.15) is 0 Å². The molecule has 130 valence electrons. The van der Waals surface area contributed by atoms with Gasteiger partial charge in [0.05, 0.1) is 16.7 Å². The van der Waals surface area contributed by atoms with Gasteiger partial charge in [-0.1, -0.05) is 0 Å². The number of nitrogens with one attached hydrogen (secondary N) is 1. The van der Waals surface area contributed by atoms with E-state index < -0.39 is 18.0 Å². The van der Waals surface area contributed by atoms with E-state index in [0.717, 1.165) is 43.7 Å². The van der Waals surface area contributed by atoms with Gasteiger partial charge in [0.2, 0.25) is 0 Å². The molecule has 2 heterocycles. The third-order valence-electron chi connectivity index (χ3n) is 4.03. The number of aryl methyl sites for hydroxylation is 1. The molecule has 0 radical (unpaired) electrons. The second kappa shape index (κ2) is 7.53. The molecule has 2 rings (SSSR count). The number of alkyl halides is 2. The molecule has 23 heavy (non-hydrogen) atoms. The van der Waals surface area contributed by atoms with E-state index in [1.807, 2.05) is 6.92 Å². The Bertz CT molecular complexity index is 532. The summed E-state index contributed by atoms with van der Waals surface area (Å²) in [5.74, 6) is -2.92. The van der Waals surface area contributed by atoms with E-state index in [-0.39, 0.29) is 0 Å². The van der Waals surface area contributed by atoms with Gasteiger partial charge in [-0.2, -0.15) is 0 Å². The highest BCUT2D eigenvalue weighted by molar-refractivity contribution is 7.09. The van der Waals surface area contributed by atoms with Gasteiger partial charge in [-0.05, 0) is 20.3 Å². The Balaban J connectivity index is 1.84. The number of hydrogen-bond acceptors (Lipinski definition) is 4. The zero-order chi connectivity index (χ0) is 17.0. The fourth-order valence-corrected chi connectivity index (χ4v) is 3.05. The lowest BCUT2D eigenvalue weighted by atomic mass is 10.2. The summed E-state index contributed by atoms with van der Waals surface area (Å²) in [5.41, 5.74) is 1.05. The van der Waals surface area contributed by atoms with Crippen LogP contribution in [0.2, 0.25) is 0 Å². The molecule has 2 amide bonds. The van der Waals surface area contributed by atoms with E-state index >= 15 is 0 Å². The third kappa shape index (κ3) is 5.39. The first-order chi connectivity index (χ1) is 10.8. The molecule has 1 N–H and O–H groups in total. The van der Waals surface area contributed by atoms with Crippen molar-refractivity contribution in [2.24, 2.45) is 0 Å². The highest BCUT2D eigenvalue weighted by atomic mass is 32.1. The molecule has 0 aromatic carbocycles. The average Bonchev–Trinajstić information content (AvgIpc) is 2.72. The van der Waals surface area contributed by atoms with Gasteiger partial charge in [-0.15, -0.1) is 11.3 Å². The molecule has 5 nitrogen and oxygen atoms in total. The first kappa shape index (κ1) is 18.1. The van der Waals surface area contributed by atoms with Crippen LogP contribution in [0, 0.1) is 6.92 Å². The highest BCUT2D eigenvalue weighted by Gasteiger charge is 2.32. The number of aromatic nitrogens is 1. The van der Waals surface area contributed by atoms with Crippen molar-refractivity contribution in [3.05, 3.63) is 16.1 Å². The van der Waals surface area contributed by atoms with Crippen LogP contribution in [0.1, 0.15) is 31.0 Å². The first-order valence-electron chi connectivity index (χ1n) is 7.82. The number of amides is 2. The van der Waals surface area contributed by atoms with Crippen molar-refractivity contribution in [2.75, 3.05) is 26.2 Å². The minimum atomic E-state index is -2.92. The van der Waals surface area contributed by atoms with Gasteiger partial charge in [-0.25, -0.2) is 18.6 Å². The molecule has 1 aliphatic rings. The second-order valence-corrected chi connectivity index (χ2v) is 7.16. The van der Waals surface area contributed by atoms with Gasteiger partial charge >= 0.3 is 6.03 Å². The standard InChI is InChI=1S/C15H24F2N4OS/c1-11(15(3,16)17)18-14(22)21-6-4-5-20(7-8-21)9-13-10-23-12(2)19-13/h10-11H,4-9H2,1-3H3,(H,18,22). The zero-order valence-electron chi connectivity index (χ0n) is 13.8. The Morgan fingerprint density at radius 3 is 2.78 bits per heavy atom. The lowest BCUT2D eigenvalue weighted by Crippen LogP contribution is -2.50. The Morgan fingerprint density at radius 1 is 1.43 bits per heavy atom. The Labute approximate surface area is 139 Å². The van der Waals surface area contributed by atoms with Crippen LogP contribution in [-0.2, 0) is 6.54 Å². The lowest BCUT2D eigenvalue weighted by Gasteiger charge is -2.26. The molecule has 1 saturated heterocycles. The number of urea groups is 1. The number of nitrogens with zero attached hydrogens (tertiary/aromatic N) is 3. The first-order valence-corrected chi connectivity index (χ1v) is 8.70. The maximum absolute atomic E-state index is 13.2.